The maximum absolute atomic E-state index is 12.3. The summed E-state index contributed by atoms with van der Waals surface area (Å²) in [5, 5.41) is 21.2. The number of phenolic OH excluding ortho intramolecular Hbond substituents is 1. The van der Waals surface area contributed by atoms with Crippen LogP contribution in [0.25, 0.3) is 0 Å². The quantitative estimate of drug-likeness (QED) is 0.681. The number of aliphatic carboxylic acids is 1. The van der Waals surface area contributed by atoms with E-state index in [4.69, 9.17) is 5.11 Å². The van der Waals surface area contributed by atoms with Gasteiger partial charge in [-0.05, 0) is 36.5 Å². The van der Waals surface area contributed by atoms with Crippen molar-refractivity contribution >= 4 is 11.9 Å². The zero-order valence-electron chi connectivity index (χ0n) is 14.0. The number of carboxylic acid groups (broad SMARTS) is 1. The number of phenols is 1. The van der Waals surface area contributed by atoms with Gasteiger partial charge in [0, 0.05) is 12.5 Å². The van der Waals surface area contributed by atoms with Crippen molar-refractivity contribution in [2.24, 2.45) is 5.92 Å². The Balaban J connectivity index is 1.88. The summed E-state index contributed by atoms with van der Waals surface area (Å²) in [6.07, 6.45) is 7.78. The molecule has 1 aliphatic carbocycles. The van der Waals surface area contributed by atoms with Crippen LogP contribution in [0.2, 0.25) is 0 Å². The van der Waals surface area contributed by atoms with Crippen molar-refractivity contribution < 1.29 is 19.8 Å². The van der Waals surface area contributed by atoms with E-state index in [0.29, 0.717) is 12.3 Å². The lowest BCUT2D eigenvalue weighted by molar-refractivity contribution is -0.137. The number of hydrogen-bond acceptors (Lipinski definition) is 3. The van der Waals surface area contributed by atoms with Crippen LogP contribution in [-0.4, -0.2) is 28.1 Å². The zero-order valence-corrected chi connectivity index (χ0v) is 14.0. The summed E-state index contributed by atoms with van der Waals surface area (Å²) in [5.74, 6) is -0.148. The molecular weight excluding hydrogens is 306 g/mol. The van der Waals surface area contributed by atoms with E-state index in [1.165, 1.54) is 32.1 Å². The van der Waals surface area contributed by atoms with Gasteiger partial charge >= 0.3 is 5.97 Å². The van der Waals surface area contributed by atoms with Crippen molar-refractivity contribution in [1.29, 1.82) is 0 Å². The third kappa shape index (κ3) is 6.60. The molecule has 1 aliphatic rings. The number of carbonyl (C=O) groups is 2. The Morgan fingerprint density at radius 3 is 2.42 bits per heavy atom. The van der Waals surface area contributed by atoms with Crippen molar-refractivity contribution in [3.8, 4) is 5.75 Å². The molecule has 1 fully saturated rings. The molecule has 24 heavy (non-hydrogen) atoms. The molecule has 1 aromatic carbocycles. The fraction of sp³-hybridized carbons (Fsp3) is 0.579. The Labute approximate surface area is 143 Å². The smallest absolute Gasteiger partial charge is 0.303 e. The van der Waals surface area contributed by atoms with Gasteiger partial charge in [-0.1, -0.05) is 44.2 Å². The number of aromatic hydroxyl groups is 1. The molecule has 1 aromatic rings. The normalized spacial score (nSPS) is 16.5. The largest absolute Gasteiger partial charge is 0.508 e. The van der Waals surface area contributed by atoms with Gasteiger partial charge in [0.1, 0.15) is 5.75 Å². The maximum Gasteiger partial charge on any atom is 0.303 e. The molecule has 0 spiro atoms. The fourth-order valence-electron chi connectivity index (χ4n) is 3.45. The standard InChI is InChI=1S/C19H27NO4/c21-17-9-6-15(7-10-17)13-18(22)20-16(8-11-19(23)24)12-14-4-2-1-3-5-14/h6-7,9-10,14,16,21H,1-5,8,11-13H2,(H,20,22)(H,23,24). The lowest BCUT2D eigenvalue weighted by atomic mass is 9.84. The summed E-state index contributed by atoms with van der Waals surface area (Å²) >= 11 is 0. The minimum Gasteiger partial charge on any atom is -0.508 e. The van der Waals surface area contributed by atoms with E-state index in [2.05, 4.69) is 5.32 Å². The maximum atomic E-state index is 12.3. The Morgan fingerprint density at radius 2 is 1.79 bits per heavy atom. The van der Waals surface area contributed by atoms with Crippen molar-refractivity contribution in [2.45, 2.75) is 63.8 Å². The molecule has 1 unspecified atom stereocenters. The van der Waals surface area contributed by atoms with Gasteiger partial charge in [0.15, 0.2) is 0 Å². The van der Waals surface area contributed by atoms with E-state index >= 15 is 0 Å². The van der Waals surface area contributed by atoms with Crippen LogP contribution in [0.15, 0.2) is 24.3 Å². The molecular formula is C19H27NO4. The van der Waals surface area contributed by atoms with Gasteiger partial charge in [-0.2, -0.15) is 0 Å². The molecule has 5 nitrogen and oxygen atoms in total. The highest BCUT2D eigenvalue weighted by Crippen LogP contribution is 2.28. The number of benzene rings is 1. The van der Waals surface area contributed by atoms with E-state index < -0.39 is 5.97 Å². The molecule has 2 rings (SSSR count). The van der Waals surface area contributed by atoms with Gasteiger partial charge in [0.25, 0.3) is 0 Å². The van der Waals surface area contributed by atoms with Gasteiger partial charge in [0.05, 0.1) is 6.42 Å². The number of nitrogens with one attached hydrogen (secondary N) is 1. The Bertz CT molecular complexity index is 535. The summed E-state index contributed by atoms with van der Waals surface area (Å²) in [6, 6.07) is 6.50. The first-order chi connectivity index (χ1) is 11.5. The lowest BCUT2D eigenvalue weighted by Crippen LogP contribution is -2.38. The molecule has 0 heterocycles. The highest BCUT2D eigenvalue weighted by Gasteiger charge is 2.21. The summed E-state index contributed by atoms with van der Waals surface area (Å²) in [7, 11) is 0. The van der Waals surface area contributed by atoms with E-state index in [9.17, 15) is 14.7 Å². The van der Waals surface area contributed by atoms with Gasteiger partial charge in [0.2, 0.25) is 5.91 Å². The summed E-state index contributed by atoms with van der Waals surface area (Å²) in [4.78, 5) is 23.1. The van der Waals surface area contributed by atoms with Crippen molar-refractivity contribution in [3.05, 3.63) is 29.8 Å². The van der Waals surface area contributed by atoms with Gasteiger partial charge < -0.3 is 15.5 Å². The summed E-state index contributed by atoms with van der Waals surface area (Å²) in [5.41, 5.74) is 0.833. The monoisotopic (exact) mass is 333 g/mol. The third-order valence-electron chi connectivity index (χ3n) is 4.72. The number of amides is 1. The highest BCUT2D eigenvalue weighted by atomic mass is 16.4. The molecule has 1 atom stereocenters. The minimum atomic E-state index is -0.823. The highest BCUT2D eigenvalue weighted by molar-refractivity contribution is 5.79. The number of carboxylic acids is 1. The van der Waals surface area contributed by atoms with E-state index in [-0.39, 0.29) is 30.5 Å². The first kappa shape index (κ1) is 18.3. The predicted octanol–water partition coefficient (Wildman–Crippen LogP) is 3.25. The summed E-state index contributed by atoms with van der Waals surface area (Å²) in [6.45, 7) is 0. The number of rotatable bonds is 8. The second kappa shape index (κ2) is 9.30. The molecule has 0 bridgehead atoms. The molecule has 132 valence electrons. The van der Waals surface area contributed by atoms with Gasteiger partial charge in [-0.3, -0.25) is 9.59 Å². The van der Waals surface area contributed by atoms with Gasteiger partial charge in [-0.25, -0.2) is 0 Å². The van der Waals surface area contributed by atoms with Crippen LogP contribution in [-0.2, 0) is 16.0 Å². The van der Waals surface area contributed by atoms with Gasteiger partial charge in [-0.15, -0.1) is 0 Å². The topological polar surface area (TPSA) is 86.6 Å². The molecule has 1 amide bonds. The van der Waals surface area contributed by atoms with Crippen LogP contribution in [0, 0.1) is 5.92 Å². The third-order valence-corrected chi connectivity index (χ3v) is 4.72. The van der Waals surface area contributed by atoms with Crippen LogP contribution in [0.4, 0.5) is 0 Å². The van der Waals surface area contributed by atoms with Crippen molar-refractivity contribution in [3.63, 3.8) is 0 Å². The fourth-order valence-corrected chi connectivity index (χ4v) is 3.45. The molecule has 3 N–H and O–H groups in total. The van der Waals surface area contributed by atoms with Crippen LogP contribution < -0.4 is 5.32 Å². The van der Waals surface area contributed by atoms with Crippen molar-refractivity contribution in [1.82, 2.24) is 5.32 Å². The van der Waals surface area contributed by atoms with Crippen LogP contribution in [0.5, 0.6) is 5.75 Å². The van der Waals surface area contributed by atoms with E-state index in [1.54, 1.807) is 24.3 Å². The molecule has 0 aromatic heterocycles. The number of carbonyl (C=O) groups excluding carboxylic acids is 1. The predicted molar refractivity (Wildman–Crippen MR) is 91.8 cm³/mol. The zero-order chi connectivity index (χ0) is 17.4. The lowest BCUT2D eigenvalue weighted by Gasteiger charge is -2.27. The van der Waals surface area contributed by atoms with E-state index in [1.807, 2.05) is 0 Å². The molecule has 0 radical (unpaired) electrons. The first-order valence-corrected chi connectivity index (χ1v) is 8.82. The van der Waals surface area contributed by atoms with Crippen LogP contribution in [0.1, 0.15) is 56.9 Å². The Morgan fingerprint density at radius 1 is 1.12 bits per heavy atom. The first-order valence-electron chi connectivity index (χ1n) is 8.82. The second-order valence-corrected chi connectivity index (χ2v) is 6.78. The van der Waals surface area contributed by atoms with Crippen LogP contribution >= 0.6 is 0 Å². The van der Waals surface area contributed by atoms with Crippen LogP contribution in [0.3, 0.4) is 0 Å². The Hall–Kier alpha value is -2.04. The molecule has 0 saturated heterocycles. The number of hydrogen-bond donors (Lipinski definition) is 3. The van der Waals surface area contributed by atoms with Crippen molar-refractivity contribution in [2.75, 3.05) is 0 Å². The van der Waals surface area contributed by atoms with E-state index in [0.717, 1.165) is 12.0 Å². The SMILES string of the molecule is O=C(O)CCC(CC1CCCCC1)NC(=O)Cc1ccc(O)cc1. The minimum absolute atomic E-state index is 0.0752. The average Bonchev–Trinajstić information content (AvgIpc) is 2.55. The molecule has 0 aliphatic heterocycles. The molecule has 5 heteroatoms. The summed E-state index contributed by atoms with van der Waals surface area (Å²) < 4.78 is 0. The molecule has 1 saturated carbocycles. The second-order valence-electron chi connectivity index (χ2n) is 6.78. The Kier molecular flexibility index (Phi) is 7.09. The average molecular weight is 333 g/mol.